The number of fused-ring (bicyclic) bond motifs is 1. The van der Waals surface area contributed by atoms with Crippen LogP contribution in [0.5, 0.6) is 5.75 Å². The number of nitrogens with two attached hydrogens (primary N) is 2. The molecule has 2 aromatic rings. The highest BCUT2D eigenvalue weighted by Crippen LogP contribution is 2.44. The van der Waals surface area contributed by atoms with Gasteiger partial charge in [-0.1, -0.05) is 15.9 Å². The van der Waals surface area contributed by atoms with E-state index in [4.69, 9.17) is 21.5 Å². The number of pyridine rings is 1. The van der Waals surface area contributed by atoms with Crippen LogP contribution in [0.3, 0.4) is 0 Å². The van der Waals surface area contributed by atoms with Gasteiger partial charge in [-0.2, -0.15) is 10.5 Å². The van der Waals surface area contributed by atoms with Crippen LogP contribution in [-0.4, -0.2) is 18.1 Å². The molecule has 6 N–H and O–H groups in total. The Balaban J connectivity index is 2.32. The Morgan fingerprint density at radius 1 is 1.33 bits per heavy atom. The quantitative estimate of drug-likeness (QED) is 0.419. The molecule has 1 aliphatic rings. The summed E-state index contributed by atoms with van der Waals surface area (Å²) in [5, 5.41) is 23.7. The average molecular weight is 427 g/mol. The van der Waals surface area contributed by atoms with Crippen LogP contribution >= 0.6 is 15.9 Å². The number of methoxy groups -OCH3 is 1. The van der Waals surface area contributed by atoms with Crippen molar-refractivity contribution in [3.63, 3.8) is 0 Å². The summed E-state index contributed by atoms with van der Waals surface area (Å²) in [6, 6.07) is 5.04. The lowest BCUT2D eigenvalue weighted by Crippen LogP contribution is -2.32. The number of nitrogens with zero attached hydrogens (tertiary/aromatic N) is 4. The lowest BCUT2D eigenvalue weighted by molar-refractivity contribution is 0.407. The molecular formula is C17H15BrN8O. The van der Waals surface area contributed by atoms with E-state index in [1.54, 1.807) is 7.11 Å². The van der Waals surface area contributed by atoms with E-state index in [9.17, 15) is 5.26 Å². The molecule has 0 bridgehead atoms. The van der Waals surface area contributed by atoms with Crippen molar-refractivity contribution in [1.82, 2.24) is 10.3 Å². The van der Waals surface area contributed by atoms with E-state index in [-0.39, 0.29) is 23.0 Å². The van der Waals surface area contributed by atoms with Gasteiger partial charge in [0.2, 0.25) is 5.96 Å². The van der Waals surface area contributed by atoms with Crippen molar-refractivity contribution in [3.8, 4) is 18.0 Å². The van der Waals surface area contributed by atoms with Crippen LogP contribution in [-0.2, 0) is 0 Å². The standard InChI is InChI=1S/C17H15BrN8O/c1-7-3-11(27-2)8(4-10(7)18)14-12-13(21)9(5-19)15(22)25-16(12)26-17(24-14)23-6-20/h3-4,14H,1-2H3,(H6,21,22,23,24,25,26). The van der Waals surface area contributed by atoms with E-state index < -0.39 is 6.04 Å². The van der Waals surface area contributed by atoms with E-state index in [2.05, 4.69) is 36.5 Å². The average Bonchev–Trinajstić information content (AvgIpc) is 2.63. The minimum absolute atomic E-state index is 0.00439. The van der Waals surface area contributed by atoms with Crippen molar-refractivity contribution in [3.05, 3.63) is 38.9 Å². The first-order valence-corrected chi connectivity index (χ1v) is 8.53. The van der Waals surface area contributed by atoms with Gasteiger partial charge < -0.3 is 21.5 Å². The molecule has 1 unspecified atom stereocenters. The molecule has 1 aliphatic heterocycles. The minimum Gasteiger partial charge on any atom is -0.496 e. The Kier molecular flexibility index (Phi) is 4.75. The number of aromatic nitrogens is 1. The van der Waals surface area contributed by atoms with E-state index in [0.29, 0.717) is 22.7 Å². The second-order valence-electron chi connectivity index (χ2n) is 5.75. The molecule has 0 saturated heterocycles. The van der Waals surface area contributed by atoms with Crippen LogP contribution in [0.25, 0.3) is 0 Å². The Labute approximate surface area is 163 Å². The van der Waals surface area contributed by atoms with Gasteiger partial charge in [0.25, 0.3) is 0 Å². The predicted octanol–water partition coefficient (Wildman–Crippen LogP) is 2.14. The van der Waals surface area contributed by atoms with Gasteiger partial charge in [0.15, 0.2) is 6.19 Å². The second kappa shape index (κ2) is 7.02. The first-order valence-electron chi connectivity index (χ1n) is 7.74. The highest BCUT2D eigenvalue weighted by molar-refractivity contribution is 9.10. The summed E-state index contributed by atoms with van der Waals surface area (Å²) in [6.45, 7) is 1.93. The Hall–Kier alpha value is -3.50. The number of ether oxygens (including phenoxy) is 1. The van der Waals surface area contributed by atoms with Gasteiger partial charge >= 0.3 is 0 Å². The van der Waals surface area contributed by atoms with Crippen molar-refractivity contribution in [2.45, 2.75) is 13.0 Å². The maximum atomic E-state index is 9.38. The molecule has 1 aromatic heterocycles. The molecule has 0 aliphatic carbocycles. The second-order valence-corrected chi connectivity index (χ2v) is 6.60. The van der Waals surface area contributed by atoms with Crippen LogP contribution < -0.4 is 26.8 Å². The van der Waals surface area contributed by atoms with Crippen molar-refractivity contribution < 1.29 is 4.74 Å². The zero-order chi connectivity index (χ0) is 19.7. The number of anilines is 3. The van der Waals surface area contributed by atoms with E-state index in [0.717, 1.165) is 10.0 Å². The summed E-state index contributed by atoms with van der Waals surface area (Å²) in [6.07, 6.45) is 1.81. The molecule has 0 amide bonds. The van der Waals surface area contributed by atoms with Crippen LogP contribution in [0.1, 0.15) is 28.3 Å². The van der Waals surface area contributed by atoms with Crippen LogP contribution in [0, 0.1) is 29.7 Å². The number of aryl methyl sites for hydroxylation is 1. The Morgan fingerprint density at radius 2 is 2.07 bits per heavy atom. The number of nitrogens with one attached hydrogen (secondary N) is 2. The summed E-state index contributed by atoms with van der Waals surface area (Å²) < 4.78 is 6.37. The third-order valence-electron chi connectivity index (χ3n) is 4.16. The fraction of sp³-hybridized carbons (Fsp3) is 0.176. The Morgan fingerprint density at radius 3 is 2.70 bits per heavy atom. The zero-order valence-corrected chi connectivity index (χ0v) is 16.0. The fourth-order valence-electron chi connectivity index (χ4n) is 2.87. The normalized spacial score (nSPS) is 14.9. The van der Waals surface area contributed by atoms with Crippen molar-refractivity contribution in [2.75, 3.05) is 23.9 Å². The van der Waals surface area contributed by atoms with Gasteiger partial charge in [-0.3, -0.25) is 5.32 Å². The molecule has 0 fully saturated rings. The molecule has 0 saturated carbocycles. The SMILES string of the molecule is COc1cc(C)c(Br)cc1C1N=C(NC#N)Nc2nc(N)c(C#N)c(N)c21. The number of nitrogen functional groups attached to an aromatic ring is 2. The number of aliphatic imine (C=N–C) groups is 1. The lowest BCUT2D eigenvalue weighted by atomic mass is 9.94. The summed E-state index contributed by atoms with van der Waals surface area (Å²) in [4.78, 5) is 8.76. The molecule has 0 radical (unpaired) electrons. The lowest BCUT2D eigenvalue weighted by Gasteiger charge is -2.27. The molecule has 3 rings (SSSR count). The minimum atomic E-state index is -0.663. The van der Waals surface area contributed by atoms with Gasteiger partial charge in [-0.05, 0) is 24.6 Å². The Bertz CT molecular complexity index is 1050. The number of nitriles is 2. The predicted molar refractivity (Wildman–Crippen MR) is 105 cm³/mol. The van der Waals surface area contributed by atoms with Crippen LogP contribution in [0.4, 0.5) is 17.3 Å². The van der Waals surface area contributed by atoms with E-state index in [1.807, 2.05) is 31.3 Å². The topological polar surface area (TPSA) is 158 Å². The molecular weight excluding hydrogens is 412 g/mol. The van der Waals surface area contributed by atoms with E-state index >= 15 is 0 Å². The number of halogens is 1. The molecule has 1 aromatic carbocycles. The summed E-state index contributed by atoms with van der Waals surface area (Å²) in [5.41, 5.74) is 14.5. The van der Waals surface area contributed by atoms with Crippen molar-refractivity contribution in [2.24, 2.45) is 4.99 Å². The van der Waals surface area contributed by atoms with E-state index in [1.165, 1.54) is 0 Å². The number of benzene rings is 1. The molecule has 27 heavy (non-hydrogen) atoms. The first-order chi connectivity index (χ1) is 12.9. The largest absolute Gasteiger partial charge is 0.496 e. The smallest absolute Gasteiger partial charge is 0.211 e. The number of hydrogen-bond donors (Lipinski definition) is 4. The third kappa shape index (κ3) is 3.07. The van der Waals surface area contributed by atoms with Crippen molar-refractivity contribution in [1.29, 1.82) is 10.5 Å². The molecule has 2 heterocycles. The molecule has 1 atom stereocenters. The maximum absolute atomic E-state index is 9.38. The number of hydrogen-bond acceptors (Lipinski definition) is 9. The molecule has 136 valence electrons. The number of guanidine groups is 1. The van der Waals surface area contributed by atoms with Gasteiger partial charge in [0.05, 0.1) is 12.8 Å². The summed E-state index contributed by atoms with van der Waals surface area (Å²) >= 11 is 3.51. The zero-order valence-electron chi connectivity index (χ0n) is 14.5. The first kappa shape index (κ1) is 18.3. The van der Waals surface area contributed by atoms with Gasteiger partial charge in [-0.25, -0.2) is 9.98 Å². The maximum Gasteiger partial charge on any atom is 0.211 e. The summed E-state index contributed by atoms with van der Waals surface area (Å²) in [5.74, 6) is 1.09. The van der Waals surface area contributed by atoms with Crippen LogP contribution in [0.2, 0.25) is 0 Å². The van der Waals surface area contributed by atoms with Crippen molar-refractivity contribution >= 4 is 39.2 Å². The highest BCUT2D eigenvalue weighted by Gasteiger charge is 2.31. The number of rotatable bonds is 2. The van der Waals surface area contributed by atoms with Gasteiger partial charge in [-0.15, -0.1) is 0 Å². The molecule has 10 heteroatoms. The monoisotopic (exact) mass is 426 g/mol. The fourth-order valence-corrected chi connectivity index (χ4v) is 3.23. The van der Waals surface area contributed by atoms with Gasteiger partial charge in [0.1, 0.15) is 35.1 Å². The third-order valence-corrected chi connectivity index (χ3v) is 5.02. The summed E-state index contributed by atoms with van der Waals surface area (Å²) in [7, 11) is 1.55. The molecule has 0 spiro atoms. The van der Waals surface area contributed by atoms with Crippen LogP contribution in [0.15, 0.2) is 21.6 Å². The van der Waals surface area contributed by atoms with Gasteiger partial charge in [0, 0.05) is 15.6 Å². The highest BCUT2D eigenvalue weighted by atomic mass is 79.9. The molecule has 9 nitrogen and oxygen atoms in total.